The van der Waals surface area contributed by atoms with Crippen LogP contribution in [0.2, 0.25) is 0 Å². The summed E-state index contributed by atoms with van der Waals surface area (Å²) in [5, 5.41) is 0.592. The molecule has 0 aliphatic carbocycles. The lowest BCUT2D eigenvalue weighted by Crippen LogP contribution is -2.23. The maximum absolute atomic E-state index is 13.4. The number of thioether (sulfide) groups is 1. The Balaban J connectivity index is 1.52. The van der Waals surface area contributed by atoms with Crippen LogP contribution in [-0.2, 0) is 11.4 Å². The topological polar surface area (TPSA) is 51.1 Å². The second kappa shape index (κ2) is 10.8. The highest BCUT2D eigenvalue weighted by molar-refractivity contribution is 9.11. The van der Waals surface area contributed by atoms with Crippen molar-refractivity contribution in [3.8, 4) is 11.5 Å². The highest BCUT2D eigenvalue weighted by atomic mass is 79.9. The van der Waals surface area contributed by atoms with Crippen LogP contribution in [0.15, 0.2) is 79.5 Å². The third-order valence-electron chi connectivity index (χ3n) is 4.89. The minimum absolute atomic E-state index is 0.129. The molecule has 9 heteroatoms. The standard InChI is InChI=1S/C25H19Br2FN2O3S/c1-30-24(31)22(34-25(30)29-18-6-8-19(32-2)9-7-18)13-16-11-20(26)23(21(27)12-16)33-14-15-4-3-5-17(28)10-15/h3-13H,14H2,1-2H3. The van der Waals surface area contributed by atoms with Crippen molar-refractivity contribution in [2.75, 3.05) is 14.2 Å². The molecule has 1 amide bonds. The summed E-state index contributed by atoms with van der Waals surface area (Å²) in [7, 11) is 3.31. The number of ether oxygens (including phenoxy) is 2. The van der Waals surface area contributed by atoms with Crippen LogP contribution in [0, 0.1) is 5.82 Å². The van der Waals surface area contributed by atoms with Gasteiger partial charge in [0.25, 0.3) is 5.91 Å². The number of nitrogens with zero attached hydrogens (tertiary/aromatic N) is 2. The molecule has 174 valence electrons. The summed E-state index contributed by atoms with van der Waals surface area (Å²) in [6, 6.07) is 17.3. The number of carbonyl (C=O) groups excluding carboxylic acids is 1. The number of rotatable bonds is 6. The minimum Gasteiger partial charge on any atom is -0.497 e. The minimum atomic E-state index is -0.306. The first-order valence-corrected chi connectivity index (χ1v) is 12.5. The summed E-state index contributed by atoms with van der Waals surface area (Å²) in [5.74, 6) is 0.902. The quantitative estimate of drug-likeness (QED) is 0.280. The van der Waals surface area contributed by atoms with Gasteiger partial charge in [0.05, 0.1) is 26.6 Å². The molecule has 3 aromatic carbocycles. The van der Waals surface area contributed by atoms with Gasteiger partial charge in [0.15, 0.2) is 5.17 Å². The second-order valence-electron chi connectivity index (χ2n) is 7.30. The molecule has 0 unspecified atom stereocenters. The van der Waals surface area contributed by atoms with Crippen molar-refractivity contribution in [3.63, 3.8) is 0 Å². The van der Waals surface area contributed by atoms with Crippen molar-refractivity contribution >= 4 is 66.5 Å². The van der Waals surface area contributed by atoms with Crippen molar-refractivity contribution in [1.29, 1.82) is 0 Å². The number of aliphatic imine (C=N–C) groups is 1. The number of likely N-dealkylation sites (N-methyl/N-ethyl adjacent to an activating group) is 1. The van der Waals surface area contributed by atoms with Crippen LogP contribution in [0.1, 0.15) is 11.1 Å². The number of halogens is 3. The van der Waals surface area contributed by atoms with Crippen LogP contribution in [-0.4, -0.2) is 30.1 Å². The van der Waals surface area contributed by atoms with Crippen molar-refractivity contribution in [2.24, 2.45) is 4.99 Å². The van der Waals surface area contributed by atoms with E-state index in [0.29, 0.717) is 24.8 Å². The van der Waals surface area contributed by atoms with E-state index in [2.05, 4.69) is 36.9 Å². The zero-order valence-electron chi connectivity index (χ0n) is 18.2. The van der Waals surface area contributed by atoms with E-state index in [1.807, 2.05) is 42.5 Å². The van der Waals surface area contributed by atoms with Crippen LogP contribution in [0.3, 0.4) is 0 Å². The average molecular weight is 606 g/mol. The number of methoxy groups -OCH3 is 1. The summed E-state index contributed by atoms with van der Waals surface area (Å²) in [4.78, 5) is 19.5. The van der Waals surface area contributed by atoms with Gasteiger partial charge >= 0.3 is 0 Å². The largest absolute Gasteiger partial charge is 0.497 e. The van der Waals surface area contributed by atoms with E-state index < -0.39 is 0 Å². The summed E-state index contributed by atoms with van der Waals surface area (Å²) < 4.78 is 25.9. The number of carbonyl (C=O) groups is 1. The SMILES string of the molecule is COc1ccc(N=C2SC(=Cc3cc(Br)c(OCc4cccc(F)c4)c(Br)c3)C(=O)N2C)cc1. The molecule has 34 heavy (non-hydrogen) atoms. The summed E-state index contributed by atoms with van der Waals surface area (Å²) in [5.41, 5.74) is 2.27. The molecule has 0 N–H and O–H groups in total. The van der Waals surface area contributed by atoms with Crippen molar-refractivity contribution in [3.05, 3.63) is 91.5 Å². The normalized spacial score (nSPS) is 15.9. The maximum atomic E-state index is 13.4. The molecule has 1 aliphatic heterocycles. The van der Waals surface area contributed by atoms with Crippen molar-refractivity contribution < 1.29 is 18.7 Å². The second-order valence-corrected chi connectivity index (χ2v) is 10.0. The molecular weight excluding hydrogens is 587 g/mol. The first-order valence-electron chi connectivity index (χ1n) is 10.1. The molecule has 1 aliphatic rings. The first kappa shape index (κ1) is 24.5. The fraction of sp³-hybridized carbons (Fsp3) is 0.120. The molecule has 3 aromatic rings. The molecule has 0 atom stereocenters. The molecule has 0 aromatic heterocycles. The molecule has 4 rings (SSSR count). The fourth-order valence-corrected chi connectivity index (χ4v) is 5.59. The van der Waals surface area contributed by atoms with Crippen molar-refractivity contribution in [1.82, 2.24) is 4.90 Å². The van der Waals surface area contributed by atoms with Gasteiger partial charge < -0.3 is 9.47 Å². The van der Waals surface area contributed by atoms with Gasteiger partial charge in [-0.05, 0) is 109 Å². The Hall–Kier alpha value is -2.62. The van der Waals surface area contributed by atoms with E-state index in [1.54, 1.807) is 26.3 Å². The molecule has 0 saturated carbocycles. The number of hydrogen-bond donors (Lipinski definition) is 0. The van der Waals surface area contributed by atoms with Crippen LogP contribution in [0.4, 0.5) is 10.1 Å². The van der Waals surface area contributed by atoms with Gasteiger partial charge in [-0.15, -0.1) is 0 Å². The highest BCUT2D eigenvalue weighted by Crippen LogP contribution is 2.38. The van der Waals surface area contributed by atoms with Crippen LogP contribution in [0.5, 0.6) is 11.5 Å². The molecule has 1 heterocycles. The lowest BCUT2D eigenvalue weighted by atomic mass is 10.2. The molecule has 1 saturated heterocycles. The van der Waals surface area contributed by atoms with Gasteiger partial charge in [0, 0.05) is 7.05 Å². The number of benzene rings is 3. The zero-order valence-corrected chi connectivity index (χ0v) is 22.2. The fourth-order valence-electron chi connectivity index (χ4n) is 3.15. The Morgan fingerprint density at radius 1 is 1.09 bits per heavy atom. The van der Waals surface area contributed by atoms with Gasteiger partial charge in [-0.25, -0.2) is 9.38 Å². The van der Waals surface area contributed by atoms with E-state index in [4.69, 9.17) is 9.47 Å². The van der Waals surface area contributed by atoms with E-state index in [1.165, 1.54) is 28.8 Å². The molecule has 0 bridgehead atoms. The summed E-state index contributed by atoms with van der Waals surface area (Å²) in [6.45, 7) is 0.222. The summed E-state index contributed by atoms with van der Waals surface area (Å²) in [6.07, 6.45) is 1.81. The van der Waals surface area contributed by atoms with E-state index in [-0.39, 0.29) is 18.3 Å². The van der Waals surface area contributed by atoms with E-state index in [0.717, 1.165) is 22.6 Å². The first-order chi connectivity index (χ1) is 16.3. The Labute approximate surface area is 217 Å². The van der Waals surface area contributed by atoms with Crippen molar-refractivity contribution in [2.45, 2.75) is 6.61 Å². The monoisotopic (exact) mass is 604 g/mol. The Kier molecular flexibility index (Phi) is 7.75. The van der Waals surface area contributed by atoms with E-state index in [9.17, 15) is 9.18 Å². The van der Waals surface area contributed by atoms with Crippen LogP contribution in [0.25, 0.3) is 6.08 Å². The Morgan fingerprint density at radius 3 is 2.44 bits per heavy atom. The van der Waals surface area contributed by atoms with Gasteiger partial charge in [-0.1, -0.05) is 12.1 Å². The van der Waals surface area contributed by atoms with Gasteiger partial charge in [-0.2, -0.15) is 0 Å². The number of hydrogen-bond acceptors (Lipinski definition) is 5. The molecule has 5 nitrogen and oxygen atoms in total. The lowest BCUT2D eigenvalue weighted by Gasteiger charge is -2.12. The van der Waals surface area contributed by atoms with Gasteiger partial charge in [0.1, 0.15) is 23.9 Å². The number of amides is 1. The molecular formula is C25H19Br2FN2O3S. The zero-order chi connectivity index (χ0) is 24.2. The molecule has 1 fully saturated rings. The summed E-state index contributed by atoms with van der Waals surface area (Å²) >= 11 is 8.38. The Morgan fingerprint density at radius 2 is 1.79 bits per heavy atom. The third kappa shape index (κ3) is 5.71. The van der Waals surface area contributed by atoms with Crippen LogP contribution < -0.4 is 9.47 Å². The Bertz CT molecular complexity index is 1270. The van der Waals surface area contributed by atoms with Gasteiger partial charge in [-0.3, -0.25) is 9.69 Å². The smallest absolute Gasteiger partial charge is 0.266 e. The number of amidine groups is 1. The predicted molar refractivity (Wildman–Crippen MR) is 141 cm³/mol. The van der Waals surface area contributed by atoms with E-state index >= 15 is 0 Å². The maximum Gasteiger partial charge on any atom is 0.266 e. The average Bonchev–Trinajstić information content (AvgIpc) is 3.06. The lowest BCUT2D eigenvalue weighted by molar-refractivity contribution is -0.121. The third-order valence-corrected chi connectivity index (χ3v) is 7.13. The highest BCUT2D eigenvalue weighted by Gasteiger charge is 2.30. The predicted octanol–water partition coefficient (Wildman–Crippen LogP) is 7.17. The molecule has 0 spiro atoms. The van der Waals surface area contributed by atoms with Gasteiger partial charge in [0.2, 0.25) is 0 Å². The van der Waals surface area contributed by atoms with Crippen LogP contribution >= 0.6 is 43.6 Å². The molecule has 0 radical (unpaired) electrons.